The highest BCUT2D eigenvalue weighted by molar-refractivity contribution is 5.75. The second kappa shape index (κ2) is 3.98. The third-order valence-electron chi connectivity index (χ3n) is 4.60. The molecular weight excluding hydrogens is 216 g/mol. The second-order valence-electron chi connectivity index (χ2n) is 5.59. The third kappa shape index (κ3) is 1.45. The van der Waals surface area contributed by atoms with Gasteiger partial charge in [0.25, 0.3) is 0 Å². The van der Waals surface area contributed by atoms with Gasteiger partial charge in [-0.05, 0) is 71.9 Å². The molecule has 0 bridgehead atoms. The van der Waals surface area contributed by atoms with E-state index in [1.165, 1.54) is 55.2 Å². The Labute approximate surface area is 109 Å². The van der Waals surface area contributed by atoms with Crippen LogP contribution in [0.15, 0.2) is 36.4 Å². The van der Waals surface area contributed by atoms with Crippen molar-refractivity contribution in [3.8, 4) is 11.1 Å². The minimum Gasteiger partial charge on any atom is -0.0620 e. The summed E-state index contributed by atoms with van der Waals surface area (Å²) in [7, 11) is 0. The van der Waals surface area contributed by atoms with Crippen LogP contribution in [-0.4, -0.2) is 0 Å². The van der Waals surface area contributed by atoms with Crippen molar-refractivity contribution in [1.29, 1.82) is 0 Å². The first kappa shape index (κ1) is 10.4. The molecule has 2 aliphatic rings. The van der Waals surface area contributed by atoms with Gasteiger partial charge < -0.3 is 0 Å². The van der Waals surface area contributed by atoms with Gasteiger partial charge in [0.15, 0.2) is 0 Å². The molecule has 0 spiro atoms. The van der Waals surface area contributed by atoms with Crippen LogP contribution in [0.1, 0.15) is 35.1 Å². The van der Waals surface area contributed by atoms with Gasteiger partial charge in [-0.2, -0.15) is 0 Å². The number of hydrogen-bond donors (Lipinski definition) is 0. The highest BCUT2D eigenvalue weighted by Gasteiger charge is 2.21. The van der Waals surface area contributed by atoms with Gasteiger partial charge >= 0.3 is 0 Å². The van der Waals surface area contributed by atoms with Crippen LogP contribution in [0.4, 0.5) is 0 Å². The van der Waals surface area contributed by atoms with Gasteiger partial charge in [-0.3, -0.25) is 0 Å². The monoisotopic (exact) mass is 234 g/mol. The van der Waals surface area contributed by atoms with Crippen LogP contribution >= 0.6 is 0 Å². The van der Waals surface area contributed by atoms with Gasteiger partial charge in [0.2, 0.25) is 0 Å². The topological polar surface area (TPSA) is 0 Å². The van der Waals surface area contributed by atoms with Crippen molar-refractivity contribution in [2.24, 2.45) is 0 Å². The fourth-order valence-electron chi connectivity index (χ4n) is 3.70. The molecule has 0 fully saturated rings. The zero-order valence-electron chi connectivity index (χ0n) is 10.7. The highest BCUT2D eigenvalue weighted by Crippen LogP contribution is 2.38. The summed E-state index contributed by atoms with van der Waals surface area (Å²) in [5.74, 6) is 0. The molecule has 0 radical (unpaired) electrons. The maximum atomic E-state index is 2.38. The number of aryl methyl sites for hydroxylation is 2. The molecule has 0 heterocycles. The van der Waals surface area contributed by atoms with Crippen LogP contribution in [0.25, 0.3) is 11.1 Å². The van der Waals surface area contributed by atoms with E-state index in [1.54, 1.807) is 16.7 Å². The molecule has 0 saturated heterocycles. The fraction of sp³-hybridized carbons (Fsp3) is 0.333. The standard InChI is InChI=1S/C18H18/c1-3-7-15-13(5-1)9-11-18-16-8-4-2-6-14(16)10-12-17(15)18/h1,3,5,7,10,12H,2,4,6,8-9,11H2. The van der Waals surface area contributed by atoms with Gasteiger partial charge in [-0.25, -0.2) is 0 Å². The van der Waals surface area contributed by atoms with E-state index in [0.717, 1.165) is 0 Å². The van der Waals surface area contributed by atoms with Gasteiger partial charge in [0.1, 0.15) is 0 Å². The van der Waals surface area contributed by atoms with Crippen LogP contribution in [0.5, 0.6) is 0 Å². The lowest BCUT2D eigenvalue weighted by Crippen LogP contribution is -2.12. The van der Waals surface area contributed by atoms with E-state index in [0.29, 0.717) is 0 Å². The molecule has 90 valence electrons. The molecule has 0 atom stereocenters. The molecule has 0 heteroatoms. The van der Waals surface area contributed by atoms with E-state index in [2.05, 4.69) is 36.4 Å². The van der Waals surface area contributed by atoms with Crippen molar-refractivity contribution < 1.29 is 0 Å². The molecule has 4 rings (SSSR count). The highest BCUT2D eigenvalue weighted by atomic mass is 14.3. The van der Waals surface area contributed by atoms with Gasteiger partial charge in [-0.15, -0.1) is 0 Å². The molecule has 0 aliphatic heterocycles. The normalized spacial score (nSPS) is 16.7. The Morgan fingerprint density at radius 3 is 2.44 bits per heavy atom. The van der Waals surface area contributed by atoms with Crippen LogP contribution in [0.3, 0.4) is 0 Å². The second-order valence-corrected chi connectivity index (χ2v) is 5.59. The Hall–Kier alpha value is -1.56. The summed E-state index contributed by atoms with van der Waals surface area (Å²) in [4.78, 5) is 0. The van der Waals surface area contributed by atoms with Crippen molar-refractivity contribution in [3.05, 3.63) is 58.7 Å². The van der Waals surface area contributed by atoms with Crippen LogP contribution < -0.4 is 0 Å². The summed E-state index contributed by atoms with van der Waals surface area (Å²) in [6.07, 6.45) is 7.83. The van der Waals surface area contributed by atoms with Crippen molar-refractivity contribution in [2.75, 3.05) is 0 Å². The van der Waals surface area contributed by atoms with E-state index in [-0.39, 0.29) is 0 Å². The number of rotatable bonds is 0. The Morgan fingerprint density at radius 1 is 0.556 bits per heavy atom. The molecule has 0 saturated carbocycles. The molecule has 0 aromatic heterocycles. The van der Waals surface area contributed by atoms with Crippen LogP contribution in [0.2, 0.25) is 0 Å². The number of hydrogen-bond acceptors (Lipinski definition) is 0. The van der Waals surface area contributed by atoms with Crippen molar-refractivity contribution in [2.45, 2.75) is 38.5 Å². The van der Waals surface area contributed by atoms with Crippen LogP contribution in [-0.2, 0) is 25.7 Å². The van der Waals surface area contributed by atoms with E-state index < -0.39 is 0 Å². The molecule has 2 aromatic rings. The van der Waals surface area contributed by atoms with Crippen molar-refractivity contribution >= 4 is 0 Å². The zero-order chi connectivity index (χ0) is 11.9. The number of benzene rings is 2. The summed E-state index contributed by atoms with van der Waals surface area (Å²) in [6, 6.07) is 13.7. The van der Waals surface area contributed by atoms with E-state index in [4.69, 9.17) is 0 Å². The lowest BCUT2D eigenvalue weighted by molar-refractivity contribution is 0.676. The average molecular weight is 234 g/mol. The molecule has 2 aliphatic carbocycles. The number of fused-ring (bicyclic) bond motifs is 5. The molecular formula is C18H18. The molecule has 0 amide bonds. The summed E-state index contributed by atoms with van der Waals surface area (Å²) in [5, 5.41) is 0. The summed E-state index contributed by atoms with van der Waals surface area (Å²) >= 11 is 0. The first-order valence-electron chi connectivity index (χ1n) is 7.15. The van der Waals surface area contributed by atoms with E-state index >= 15 is 0 Å². The molecule has 2 aromatic carbocycles. The molecule has 0 unspecified atom stereocenters. The predicted molar refractivity (Wildman–Crippen MR) is 75.9 cm³/mol. The van der Waals surface area contributed by atoms with Gasteiger partial charge in [0, 0.05) is 0 Å². The molecule has 18 heavy (non-hydrogen) atoms. The fourth-order valence-corrected chi connectivity index (χ4v) is 3.70. The zero-order valence-corrected chi connectivity index (χ0v) is 10.7. The van der Waals surface area contributed by atoms with Gasteiger partial charge in [0.05, 0.1) is 0 Å². The van der Waals surface area contributed by atoms with Crippen molar-refractivity contribution in [1.82, 2.24) is 0 Å². The summed E-state index contributed by atoms with van der Waals surface area (Å²) in [6.45, 7) is 0. The minimum atomic E-state index is 1.22. The Balaban J connectivity index is 1.96. The largest absolute Gasteiger partial charge is 0.0620 e. The Kier molecular flexibility index (Phi) is 2.29. The maximum Gasteiger partial charge on any atom is -0.0146 e. The van der Waals surface area contributed by atoms with E-state index in [9.17, 15) is 0 Å². The summed E-state index contributed by atoms with van der Waals surface area (Å²) < 4.78 is 0. The molecule has 0 N–H and O–H groups in total. The van der Waals surface area contributed by atoms with Gasteiger partial charge in [-0.1, -0.05) is 36.4 Å². The summed E-state index contributed by atoms with van der Waals surface area (Å²) in [5.41, 5.74) is 9.49. The maximum absolute atomic E-state index is 2.38. The lowest BCUT2D eigenvalue weighted by Gasteiger charge is -2.26. The first-order valence-corrected chi connectivity index (χ1v) is 7.15. The SMILES string of the molecule is c1ccc2c(c1)CCc1c-2ccc2c1CCCC2. The molecule has 0 nitrogen and oxygen atoms in total. The Bertz CT molecular complexity index is 607. The quantitative estimate of drug-likeness (QED) is 0.636. The first-order chi connectivity index (χ1) is 8.93. The Morgan fingerprint density at radius 2 is 1.44 bits per heavy atom. The van der Waals surface area contributed by atoms with E-state index in [1.807, 2.05) is 0 Å². The lowest BCUT2D eigenvalue weighted by atomic mass is 9.78. The van der Waals surface area contributed by atoms with Crippen molar-refractivity contribution in [3.63, 3.8) is 0 Å². The smallest absolute Gasteiger partial charge is 0.0146 e. The predicted octanol–water partition coefficient (Wildman–Crippen LogP) is 4.33. The third-order valence-corrected chi connectivity index (χ3v) is 4.60. The minimum absolute atomic E-state index is 1.22. The average Bonchev–Trinajstić information content (AvgIpc) is 2.46. The van der Waals surface area contributed by atoms with Crippen LogP contribution in [0, 0.1) is 0 Å².